The van der Waals surface area contributed by atoms with Gasteiger partial charge in [-0.2, -0.15) is 0 Å². The SMILES string of the molecule is COCC(=O)N1CCC2(CC1)NCCn1c(-c3ccc(OC)cc3)cnc12. The molecule has 0 aliphatic carbocycles. The van der Waals surface area contributed by atoms with Gasteiger partial charge in [-0.25, -0.2) is 4.98 Å². The summed E-state index contributed by atoms with van der Waals surface area (Å²) in [6.45, 7) is 3.39. The molecule has 0 radical (unpaired) electrons. The molecule has 2 aliphatic rings. The van der Waals surface area contributed by atoms with Crippen LogP contribution in [-0.2, 0) is 21.6 Å². The van der Waals surface area contributed by atoms with Gasteiger partial charge in [-0.1, -0.05) is 0 Å². The highest BCUT2D eigenvalue weighted by atomic mass is 16.5. The lowest BCUT2D eigenvalue weighted by atomic mass is 9.85. The van der Waals surface area contributed by atoms with E-state index in [-0.39, 0.29) is 18.1 Å². The normalized spacial score (nSPS) is 18.4. The molecule has 0 saturated carbocycles. The monoisotopic (exact) mass is 370 g/mol. The molecule has 7 heteroatoms. The summed E-state index contributed by atoms with van der Waals surface area (Å²) in [5, 5.41) is 3.69. The summed E-state index contributed by atoms with van der Waals surface area (Å²) in [5.74, 6) is 1.99. The molecule has 1 N–H and O–H groups in total. The number of ether oxygens (including phenoxy) is 2. The number of methoxy groups -OCH3 is 2. The van der Waals surface area contributed by atoms with Gasteiger partial charge in [-0.15, -0.1) is 0 Å². The van der Waals surface area contributed by atoms with Gasteiger partial charge < -0.3 is 24.3 Å². The fourth-order valence-electron chi connectivity index (χ4n) is 4.22. The Kier molecular flexibility index (Phi) is 4.88. The van der Waals surface area contributed by atoms with Gasteiger partial charge in [0.2, 0.25) is 5.91 Å². The van der Waals surface area contributed by atoms with E-state index >= 15 is 0 Å². The maximum Gasteiger partial charge on any atom is 0.248 e. The van der Waals surface area contributed by atoms with E-state index in [9.17, 15) is 4.79 Å². The fraction of sp³-hybridized carbons (Fsp3) is 0.500. The number of benzene rings is 1. The largest absolute Gasteiger partial charge is 0.497 e. The highest BCUT2D eigenvalue weighted by Gasteiger charge is 2.42. The van der Waals surface area contributed by atoms with E-state index in [1.165, 1.54) is 0 Å². The van der Waals surface area contributed by atoms with Crippen LogP contribution in [0.3, 0.4) is 0 Å². The quantitative estimate of drug-likeness (QED) is 0.886. The fourth-order valence-corrected chi connectivity index (χ4v) is 4.22. The van der Waals surface area contributed by atoms with E-state index in [2.05, 4.69) is 22.0 Å². The smallest absolute Gasteiger partial charge is 0.248 e. The molecular weight excluding hydrogens is 344 g/mol. The number of imidazole rings is 1. The summed E-state index contributed by atoms with van der Waals surface area (Å²) in [5.41, 5.74) is 2.11. The van der Waals surface area contributed by atoms with Crippen molar-refractivity contribution in [2.75, 3.05) is 40.5 Å². The second-order valence-corrected chi connectivity index (χ2v) is 7.17. The molecule has 1 spiro atoms. The number of nitrogens with one attached hydrogen (secondary N) is 1. The molecule has 7 nitrogen and oxygen atoms in total. The first-order valence-corrected chi connectivity index (χ1v) is 9.39. The van der Waals surface area contributed by atoms with Crippen LogP contribution in [-0.4, -0.2) is 60.8 Å². The molecule has 2 aromatic rings. The number of piperidine rings is 1. The van der Waals surface area contributed by atoms with Gasteiger partial charge in [0, 0.05) is 38.9 Å². The summed E-state index contributed by atoms with van der Waals surface area (Å²) in [6, 6.07) is 8.10. The Labute approximate surface area is 159 Å². The predicted octanol–water partition coefficient (Wildman–Crippen LogP) is 1.63. The van der Waals surface area contributed by atoms with Crippen molar-refractivity contribution in [2.45, 2.75) is 24.9 Å². The van der Waals surface area contributed by atoms with Crippen molar-refractivity contribution in [3.05, 3.63) is 36.3 Å². The van der Waals surface area contributed by atoms with Gasteiger partial charge in [0.05, 0.1) is 24.5 Å². The van der Waals surface area contributed by atoms with Crippen molar-refractivity contribution in [2.24, 2.45) is 0 Å². The van der Waals surface area contributed by atoms with Crippen LogP contribution < -0.4 is 10.1 Å². The number of hydrogen-bond donors (Lipinski definition) is 1. The van der Waals surface area contributed by atoms with Crippen LogP contribution in [0, 0.1) is 0 Å². The summed E-state index contributed by atoms with van der Waals surface area (Å²) in [7, 11) is 3.23. The Morgan fingerprint density at radius 2 is 1.93 bits per heavy atom. The number of nitrogens with zero attached hydrogens (tertiary/aromatic N) is 3. The molecule has 1 fully saturated rings. The third-order valence-electron chi connectivity index (χ3n) is 5.71. The van der Waals surface area contributed by atoms with Gasteiger partial charge in [0.15, 0.2) is 0 Å². The topological polar surface area (TPSA) is 68.6 Å². The van der Waals surface area contributed by atoms with Crippen LogP contribution >= 0.6 is 0 Å². The molecule has 0 atom stereocenters. The number of fused-ring (bicyclic) bond motifs is 2. The van der Waals surface area contributed by atoms with E-state index in [4.69, 9.17) is 14.5 Å². The van der Waals surface area contributed by atoms with Crippen LogP contribution in [0.1, 0.15) is 18.7 Å². The van der Waals surface area contributed by atoms with Crippen molar-refractivity contribution in [1.82, 2.24) is 19.8 Å². The first-order chi connectivity index (χ1) is 13.2. The van der Waals surface area contributed by atoms with Gasteiger partial charge in [-0.3, -0.25) is 4.79 Å². The molecule has 0 unspecified atom stereocenters. The lowest BCUT2D eigenvalue weighted by molar-refractivity contribution is -0.137. The van der Waals surface area contributed by atoms with Crippen LogP contribution in [0.2, 0.25) is 0 Å². The minimum Gasteiger partial charge on any atom is -0.497 e. The molecule has 2 aliphatic heterocycles. The molecule has 27 heavy (non-hydrogen) atoms. The number of likely N-dealkylation sites (tertiary alicyclic amines) is 1. The molecule has 144 valence electrons. The Morgan fingerprint density at radius 1 is 1.19 bits per heavy atom. The van der Waals surface area contributed by atoms with E-state index in [1.54, 1.807) is 14.2 Å². The first-order valence-electron chi connectivity index (χ1n) is 9.39. The standard InChI is InChI=1S/C20H26N4O3/c1-26-14-18(25)23-10-7-20(8-11-23)19-21-13-17(24(19)12-9-22-20)15-3-5-16(27-2)6-4-15/h3-6,13,22H,7-12,14H2,1-2H3. The average molecular weight is 370 g/mol. The van der Waals surface area contributed by atoms with Crippen LogP contribution in [0.15, 0.2) is 30.5 Å². The van der Waals surface area contributed by atoms with Crippen LogP contribution in [0.5, 0.6) is 5.75 Å². The molecule has 0 bridgehead atoms. The Morgan fingerprint density at radius 3 is 2.59 bits per heavy atom. The molecule has 1 amide bonds. The third-order valence-corrected chi connectivity index (χ3v) is 5.71. The number of carbonyl (C=O) groups excluding carboxylic acids is 1. The molecule has 3 heterocycles. The predicted molar refractivity (Wildman–Crippen MR) is 102 cm³/mol. The van der Waals surface area contributed by atoms with E-state index < -0.39 is 0 Å². The summed E-state index contributed by atoms with van der Waals surface area (Å²) < 4.78 is 12.6. The van der Waals surface area contributed by atoms with Crippen molar-refractivity contribution in [1.29, 1.82) is 0 Å². The highest BCUT2D eigenvalue weighted by Crippen LogP contribution is 2.37. The molecular formula is C20H26N4O3. The number of aromatic nitrogens is 2. The molecule has 1 aromatic carbocycles. The maximum atomic E-state index is 12.1. The Hall–Kier alpha value is -2.38. The Bertz CT molecular complexity index is 807. The number of amides is 1. The van der Waals surface area contributed by atoms with Crippen LogP contribution in [0.25, 0.3) is 11.3 Å². The molecule has 4 rings (SSSR count). The number of hydrogen-bond acceptors (Lipinski definition) is 5. The molecule has 1 aromatic heterocycles. The lowest BCUT2D eigenvalue weighted by Gasteiger charge is -2.44. The summed E-state index contributed by atoms with van der Waals surface area (Å²) in [6.07, 6.45) is 3.69. The van der Waals surface area contributed by atoms with Crippen molar-refractivity contribution in [3.63, 3.8) is 0 Å². The van der Waals surface area contributed by atoms with Gasteiger partial charge in [-0.05, 0) is 37.1 Å². The number of rotatable bonds is 4. The van der Waals surface area contributed by atoms with Crippen molar-refractivity contribution in [3.8, 4) is 17.0 Å². The Balaban J connectivity index is 1.58. The minimum absolute atomic E-state index is 0.0606. The highest BCUT2D eigenvalue weighted by molar-refractivity contribution is 5.77. The second kappa shape index (κ2) is 7.32. The van der Waals surface area contributed by atoms with E-state index in [0.717, 1.165) is 61.9 Å². The first kappa shape index (κ1) is 18.0. The minimum atomic E-state index is -0.160. The van der Waals surface area contributed by atoms with Gasteiger partial charge in [0.25, 0.3) is 0 Å². The maximum absolute atomic E-state index is 12.1. The zero-order valence-electron chi connectivity index (χ0n) is 15.9. The van der Waals surface area contributed by atoms with Crippen molar-refractivity contribution >= 4 is 5.91 Å². The zero-order valence-corrected chi connectivity index (χ0v) is 15.9. The summed E-state index contributed by atoms with van der Waals surface area (Å²) >= 11 is 0. The van der Waals surface area contributed by atoms with Crippen LogP contribution in [0.4, 0.5) is 0 Å². The third kappa shape index (κ3) is 3.21. The number of carbonyl (C=O) groups is 1. The molecule has 1 saturated heterocycles. The van der Waals surface area contributed by atoms with E-state index in [0.29, 0.717) is 0 Å². The van der Waals surface area contributed by atoms with Crippen molar-refractivity contribution < 1.29 is 14.3 Å². The average Bonchev–Trinajstić information content (AvgIpc) is 3.15. The van der Waals surface area contributed by atoms with E-state index in [1.807, 2.05) is 23.2 Å². The second-order valence-electron chi connectivity index (χ2n) is 7.17. The zero-order chi connectivity index (χ0) is 18.9. The van der Waals surface area contributed by atoms with Gasteiger partial charge in [0.1, 0.15) is 18.2 Å². The summed E-state index contributed by atoms with van der Waals surface area (Å²) in [4.78, 5) is 18.8. The van der Waals surface area contributed by atoms with Gasteiger partial charge >= 0.3 is 0 Å². The lowest BCUT2D eigenvalue weighted by Crippen LogP contribution is -2.56.